The van der Waals surface area contributed by atoms with E-state index in [0.29, 0.717) is 23.5 Å². The number of nitrogens with one attached hydrogen (secondary N) is 1. The van der Waals surface area contributed by atoms with Gasteiger partial charge >= 0.3 is 12.4 Å². The number of aromatic nitrogens is 4. The molecule has 2 heterocycles. The summed E-state index contributed by atoms with van der Waals surface area (Å²) in [5.41, 5.74) is -3.24. The van der Waals surface area contributed by atoms with Gasteiger partial charge in [-0.15, -0.1) is 5.10 Å². The molecule has 0 aliphatic rings. The Labute approximate surface area is 182 Å². The maximum Gasteiger partial charge on any atom is 0.416 e. The van der Waals surface area contributed by atoms with Gasteiger partial charge in [0.1, 0.15) is 6.04 Å². The van der Waals surface area contributed by atoms with Crippen molar-refractivity contribution in [3.63, 3.8) is 0 Å². The van der Waals surface area contributed by atoms with E-state index < -0.39 is 46.7 Å². The zero-order valence-corrected chi connectivity index (χ0v) is 17.4. The molecule has 1 atom stereocenters. The fourth-order valence-corrected chi connectivity index (χ4v) is 3.05. The number of alkyl halides is 6. The van der Waals surface area contributed by atoms with Crippen molar-refractivity contribution in [1.82, 2.24) is 19.6 Å². The van der Waals surface area contributed by atoms with Crippen molar-refractivity contribution >= 4 is 11.6 Å². The van der Waals surface area contributed by atoms with Crippen molar-refractivity contribution in [2.24, 2.45) is 0 Å². The number of carbonyl (C=O) groups excluding carboxylic acids is 1. The van der Waals surface area contributed by atoms with E-state index in [0.717, 1.165) is 10.7 Å². The Bertz CT molecular complexity index is 1230. The number of benzene rings is 1. The molecule has 33 heavy (non-hydrogen) atoms. The molecule has 1 aromatic carbocycles. The van der Waals surface area contributed by atoms with Crippen molar-refractivity contribution in [1.29, 1.82) is 0 Å². The van der Waals surface area contributed by atoms with E-state index in [-0.39, 0.29) is 11.9 Å². The number of aryl methyl sites for hydroxylation is 2. The van der Waals surface area contributed by atoms with Crippen LogP contribution in [-0.4, -0.2) is 25.5 Å². The van der Waals surface area contributed by atoms with Crippen LogP contribution in [0.1, 0.15) is 35.5 Å². The molecule has 0 radical (unpaired) electrons. The lowest BCUT2D eigenvalue weighted by Gasteiger charge is -2.17. The fraction of sp³-hybridized carbons (Fsp3) is 0.300. The first-order valence-corrected chi connectivity index (χ1v) is 9.40. The third kappa shape index (κ3) is 5.23. The highest BCUT2D eigenvalue weighted by Crippen LogP contribution is 2.37. The maximum atomic E-state index is 13.0. The van der Waals surface area contributed by atoms with E-state index in [9.17, 15) is 35.9 Å². The van der Waals surface area contributed by atoms with Gasteiger partial charge in [-0.1, -0.05) is 0 Å². The Balaban J connectivity index is 1.95. The van der Waals surface area contributed by atoms with E-state index >= 15 is 0 Å². The molecule has 0 fully saturated rings. The van der Waals surface area contributed by atoms with Crippen molar-refractivity contribution in [3.8, 4) is 5.82 Å². The van der Waals surface area contributed by atoms with E-state index in [1.807, 2.05) is 5.32 Å². The summed E-state index contributed by atoms with van der Waals surface area (Å²) >= 11 is 0. The monoisotopic (exact) mass is 473 g/mol. The molecule has 0 aliphatic heterocycles. The highest BCUT2D eigenvalue weighted by atomic mass is 19.4. The highest BCUT2D eigenvalue weighted by Gasteiger charge is 2.37. The van der Waals surface area contributed by atoms with E-state index in [1.54, 1.807) is 19.9 Å². The molecule has 0 spiro atoms. The molecule has 0 bridgehead atoms. The first kappa shape index (κ1) is 24.0. The summed E-state index contributed by atoms with van der Waals surface area (Å²) in [6.45, 7) is 4.70. The molecule has 1 amide bonds. The quantitative estimate of drug-likeness (QED) is 0.574. The van der Waals surface area contributed by atoms with Gasteiger partial charge < -0.3 is 5.32 Å². The Morgan fingerprint density at radius 1 is 0.939 bits per heavy atom. The molecular formula is C20H17F6N5O2. The maximum absolute atomic E-state index is 13.0. The van der Waals surface area contributed by atoms with Gasteiger partial charge in [0, 0.05) is 17.4 Å². The lowest BCUT2D eigenvalue weighted by molar-refractivity contribution is -0.143. The van der Waals surface area contributed by atoms with Crippen molar-refractivity contribution in [2.45, 2.75) is 39.2 Å². The largest absolute Gasteiger partial charge is 0.416 e. The van der Waals surface area contributed by atoms with Crippen molar-refractivity contribution in [2.75, 3.05) is 5.32 Å². The van der Waals surface area contributed by atoms with Crippen LogP contribution in [0.15, 0.2) is 41.2 Å². The van der Waals surface area contributed by atoms with Crippen molar-refractivity contribution in [3.05, 3.63) is 69.3 Å². The summed E-state index contributed by atoms with van der Waals surface area (Å²) in [6.07, 6.45) is -10.1. The molecule has 13 heteroatoms. The smallest absolute Gasteiger partial charge is 0.324 e. The van der Waals surface area contributed by atoms with Crippen LogP contribution in [0.25, 0.3) is 5.82 Å². The molecule has 1 unspecified atom stereocenters. The topological polar surface area (TPSA) is 81.8 Å². The Morgan fingerprint density at radius 2 is 1.52 bits per heavy atom. The Hall–Kier alpha value is -3.64. The molecule has 176 valence electrons. The fourth-order valence-electron chi connectivity index (χ4n) is 3.05. The lowest BCUT2D eigenvalue weighted by Crippen LogP contribution is -2.34. The number of hydrogen-bond acceptors (Lipinski definition) is 4. The van der Waals surface area contributed by atoms with Crippen LogP contribution >= 0.6 is 0 Å². The van der Waals surface area contributed by atoms with Crippen molar-refractivity contribution < 1.29 is 31.1 Å². The number of nitrogens with zero attached hydrogens (tertiary/aromatic N) is 4. The first-order valence-electron chi connectivity index (χ1n) is 9.40. The third-order valence-corrected chi connectivity index (χ3v) is 4.64. The van der Waals surface area contributed by atoms with E-state index in [4.69, 9.17) is 0 Å². The Morgan fingerprint density at radius 3 is 2.00 bits per heavy atom. The van der Waals surface area contributed by atoms with Crippen LogP contribution in [0.4, 0.5) is 32.0 Å². The van der Waals surface area contributed by atoms with Crippen LogP contribution in [0, 0.1) is 13.8 Å². The zero-order chi connectivity index (χ0) is 24.7. The average Bonchev–Trinajstić information content (AvgIpc) is 3.04. The molecule has 0 aliphatic carbocycles. The number of amides is 1. The van der Waals surface area contributed by atoms with Crippen LogP contribution < -0.4 is 10.9 Å². The van der Waals surface area contributed by atoms with Crippen LogP contribution in [-0.2, 0) is 17.1 Å². The SMILES string of the molecule is Cc1cc(C)n(-c2ccc(=O)n(C(C)C(=O)Nc3cc(C(F)(F)F)cc(C(F)(F)F)c3)n2)n1. The predicted octanol–water partition coefficient (Wildman–Crippen LogP) is 4.28. The van der Waals surface area contributed by atoms with Gasteiger partial charge in [0.2, 0.25) is 5.91 Å². The third-order valence-electron chi connectivity index (χ3n) is 4.64. The second kappa shape index (κ2) is 8.37. The second-order valence-corrected chi connectivity index (χ2v) is 7.27. The summed E-state index contributed by atoms with van der Waals surface area (Å²) in [6, 6.07) is 3.57. The average molecular weight is 473 g/mol. The standard InChI is InChI=1S/C20H17F6N5O2/c1-10-6-11(2)30(28-10)16-4-5-17(32)31(29-16)12(3)18(33)27-15-8-13(19(21,22)23)7-14(9-15)20(24,25)26/h4-9,12H,1-3H3,(H,27,33). The second-order valence-electron chi connectivity index (χ2n) is 7.27. The summed E-state index contributed by atoms with van der Waals surface area (Å²) in [5, 5.41) is 10.3. The molecule has 3 aromatic rings. The number of anilines is 1. The normalized spacial score (nSPS) is 13.1. The molecule has 1 N–H and O–H groups in total. The molecule has 0 saturated heterocycles. The Kier molecular flexibility index (Phi) is 6.09. The summed E-state index contributed by atoms with van der Waals surface area (Å²) < 4.78 is 80.5. The van der Waals surface area contributed by atoms with Crippen LogP contribution in [0.5, 0.6) is 0 Å². The van der Waals surface area contributed by atoms with Crippen LogP contribution in [0.3, 0.4) is 0 Å². The molecule has 2 aromatic heterocycles. The first-order chi connectivity index (χ1) is 15.2. The van der Waals surface area contributed by atoms with Gasteiger partial charge in [0.25, 0.3) is 5.56 Å². The van der Waals surface area contributed by atoms with E-state index in [1.165, 1.54) is 17.7 Å². The van der Waals surface area contributed by atoms with E-state index in [2.05, 4.69) is 10.2 Å². The molecular weight excluding hydrogens is 456 g/mol. The number of rotatable bonds is 4. The number of carbonyl (C=O) groups is 1. The van der Waals surface area contributed by atoms with Gasteiger partial charge in [-0.2, -0.15) is 31.4 Å². The zero-order valence-electron chi connectivity index (χ0n) is 17.4. The van der Waals surface area contributed by atoms with Gasteiger partial charge in [-0.25, -0.2) is 9.36 Å². The summed E-state index contributed by atoms with van der Waals surface area (Å²) in [4.78, 5) is 24.9. The van der Waals surface area contributed by atoms with Gasteiger partial charge in [-0.05, 0) is 51.1 Å². The number of halogens is 6. The predicted molar refractivity (Wildman–Crippen MR) is 105 cm³/mol. The molecule has 0 saturated carbocycles. The molecule has 7 nitrogen and oxygen atoms in total. The minimum Gasteiger partial charge on any atom is -0.324 e. The minimum atomic E-state index is -5.07. The minimum absolute atomic E-state index is 0.0526. The van der Waals surface area contributed by atoms with Gasteiger partial charge in [0.05, 0.1) is 16.8 Å². The van der Waals surface area contributed by atoms with Crippen LogP contribution in [0.2, 0.25) is 0 Å². The van der Waals surface area contributed by atoms with Gasteiger partial charge in [-0.3, -0.25) is 9.59 Å². The lowest BCUT2D eigenvalue weighted by atomic mass is 10.1. The highest BCUT2D eigenvalue weighted by molar-refractivity contribution is 5.93. The van der Waals surface area contributed by atoms with Gasteiger partial charge in [0.15, 0.2) is 5.82 Å². The molecule has 3 rings (SSSR count). The summed E-state index contributed by atoms with van der Waals surface area (Å²) in [5.74, 6) is -0.846. The summed E-state index contributed by atoms with van der Waals surface area (Å²) in [7, 11) is 0. The number of hydrogen-bond donors (Lipinski definition) is 1.